The predicted molar refractivity (Wildman–Crippen MR) is 58.4 cm³/mol. The molecule has 0 saturated heterocycles. The van der Waals surface area contributed by atoms with Crippen molar-refractivity contribution < 1.29 is 26.7 Å². The Morgan fingerprint density at radius 3 is 2.44 bits per heavy atom. The largest absolute Gasteiger partial charge is 0.433 e. The van der Waals surface area contributed by atoms with Gasteiger partial charge in [-0.05, 0) is 18.6 Å². The zero-order valence-corrected chi connectivity index (χ0v) is 9.92. The quantitative estimate of drug-likeness (QED) is 0.852. The van der Waals surface area contributed by atoms with Crippen LogP contribution >= 0.6 is 0 Å². The number of halogens is 3. The number of sulfonamides is 1. The molecule has 0 radical (unpaired) electrons. The summed E-state index contributed by atoms with van der Waals surface area (Å²) in [4.78, 5) is 3.11. The Morgan fingerprint density at radius 2 is 2.00 bits per heavy atom. The molecule has 0 amide bonds. The molecular formula is C9H11F3N2O3S. The highest BCUT2D eigenvalue weighted by Crippen LogP contribution is 2.27. The first-order valence-electron chi connectivity index (χ1n) is 4.89. The number of anilines is 1. The van der Waals surface area contributed by atoms with Crippen LogP contribution in [0.25, 0.3) is 0 Å². The second kappa shape index (κ2) is 5.53. The molecule has 0 spiro atoms. The Labute approximate surface area is 102 Å². The van der Waals surface area contributed by atoms with Crippen LogP contribution in [0.2, 0.25) is 0 Å². The van der Waals surface area contributed by atoms with E-state index >= 15 is 0 Å². The lowest BCUT2D eigenvalue weighted by Gasteiger charge is -2.09. The summed E-state index contributed by atoms with van der Waals surface area (Å²) >= 11 is 0. The maximum Gasteiger partial charge on any atom is 0.433 e. The maximum atomic E-state index is 12.2. The molecule has 5 nitrogen and oxygen atoms in total. The van der Waals surface area contributed by atoms with Crippen LogP contribution in [0.4, 0.5) is 18.9 Å². The molecule has 102 valence electrons. The molecule has 1 heterocycles. The van der Waals surface area contributed by atoms with E-state index in [1.165, 1.54) is 0 Å². The fraction of sp³-hybridized carbons (Fsp3) is 0.444. The third-order valence-electron chi connectivity index (χ3n) is 1.90. The molecule has 1 rings (SSSR count). The average molecular weight is 284 g/mol. The van der Waals surface area contributed by atoms with E-state index < -0.39 is 21.9 Å². The van der Waals surface area contributed by atoms with Gasteiger partial charge in [-0.3, -0.25) is 4.72 Å². The van der Waals surface area contributed by atoms with E-state index in [9.17, 15) is 21.6 Å². The van der Waals surface area contributed by atoms with Crippen LogP contribution in [0, 0.1) is 0 Å². The van der Waals surface area contributed by atoms with Gasteiger partial charge in [-0.2, -0.15) is 13.2 Å². The summed E-state index contributed by atoms with van der Waals surface area (Å²) in [5, 5.41) is 8.49. The average Bonchev–Trinajstić information content (AvgIpc) is 2.25. The second-order valence-corrected chi connectivity index (χ2v) is 5.27. The van der Waals surface area contributed by atoms with Crippen molar-refractivity contribution in [3.63, 3.8) is 0 Å². The second-order valence-electron chi connectivity index (χ2n) is 3.43. The first kappa shape index (κ1) is 14.7. The topological polar surface area (TPSA) is 79.3 Å². The van der Waals surface area contributed by atoms with E-state index in [2.05, 4.69) is 9.71 Å². The van der Waals surface area contributed by atoms with Crippen molar-refractivity contribution in [2.45, 2.75) is 12.6 Å². The normalized spacial score (nSPS) is 12.4. The molecule has 9 heteroatoms. The van der Waals surface area contributed by atoms with E-state index in [0.717, 1.165) is 12.3 Å². The Kier molecular flexibility index (Phi) is 4.52. The van der Waals surface area contributed by atoms with Crippen LogP contribution in [-0.4, -0.2) is 30.9 Å². The molecule has 0 aliphatic carbocycles. The van der Waals surface area contributed by atoms with Crippen molar-refractivity contribution in [2.24, 2.45) is 0 Å². The fourth-order valence-corrected chi connectivity index (χ4v) is 2.20. The van der Waals surface area contributed by atoms with Gasteiger partial charge in [-0.1, -0.05) is 0 Å². The zero-order chi connectivity index (χ0) is 13.8. The number of hydrogen-bond donors (Lipinski definition) is 2. The van der Waals surface area contributed by atoms with Crippen molar-refractivity contribution in [1.82, 2.24) is 4.98 Å². The van der Waals surface area contributed by atoms with Crippen molar-refractivity contribution in [1.29, 1.82) is 0 Å². The summed E-state index contributed by atoms with van der Waals surface area (Å²) in [7, 11) is -3.68. The van der Waals surface area contributed by atoms with Gasteiger partial charge in [0.15, 0.2) is 0 Å². The monoisotopic (exact) mass is 284 g/mol. The van der Waals surface area contributed by atoms with Crippen LogP contribution in [0.15, 0.2) is 18.3 Å². The first-order valence-corrected chi connectivity index (χ1v) is 6.54. The molecule has 0 atom stereocenters. The Balaban J connectivity index is 2.75. The number of rotatable bonds is 5. The Bertz CT molecular complexity index is 485. The minimum Gasteiger partial charge on any atom is -0.396 e. The SMILES string of the molecule is O=S(=O)(CCCO)Nc1ccc(C(F)(F)F)nc1. The molecule has 0 saturated carbocycles. The molecule has 0 fully saturated rings. The standard InChI is InChI=1S/C9H11F3N2O3S/c10-9(11,12)8-3-2-7(6-13-8)14-18(16,17)5-1-4-15/h2-3,6,14-15H,1,4-5H2. The Hall–Kier alpha value is -1.35. The number of pyridine rings is 1. The number of nitrogens with one attached hydrogen (secondary N) is 1. The number of aliphatic hydroxyl groups is 1. The van der Waals surface area contributed by atoms with E-state index in [0.29, 0.717) is 6.07 Å². The lowest BCUT2D eigenvalue weighted by atomic mass is 10.3. The van der Waals surface area contributed by atoms with Crippen LogP contribution in [0.5, 0.6) is 0 Å². The van der Waals surface area contributed by atoms with Crippen LogP contribution < -0.4 is 4.72 Å². The minimum absolute atomic E-state index is 0.0450. The van der Waals surface area contributed by atoms with E-state index in [1.807, 2.05) is 0 Å². The van der Waals surface area contributed by atoms with Crippen molar-refractivity contribution >= 4 is 15.7 Å². The van der Waals surface area contributed by atoms with Crippen molar-refractivity contribution in [3.05, 3.63) is 24.0 Å². The molecule has 0 unspecified atom stereocenters. The number of aliphatic hydroxyl groups excluding tert-OH is 1. The lowest BCUT2D eigenvalue weighted by Crippen LogP contribution is -2.18. The number of hydrogen-bond acceptors (Lipinski definition) is 4. The summed E-state index contributed by atoms with van der Waals surface area (Å²) in [5.41, 5.74) is -1.15. The highest BCUT2D eigenvalue weighted by molar-refractivity contribution is 7.92. The van der Waals surface area contributed by atoms with Gasteiger partial charge in [0.25, 0.3) is 0 Å². The Morgan fingerprint density at radius 1 is 1.33 bits per heavy atom. The molecule has 1 aromatic rings. The summed E-state index contributed by atoms with van der Waals surface area (Å²) < 4.78 is 61.4. The van der Waals surface area contributed by atoms with Gasteiger partial charge in [0.1, 0.15) is 5.69 Å². The van der Waals surface area contributed by atoms with Gasteiger partial charge in [-0.15, -0.1) is 0 Å². The summed E-state index contributed by atoms with van der Waals surface area (Å²) in [6.45, 7) is -0.286. The predicted octanol–water partition coefficient (Wildman–Crippen LogP) is 1.22. The lowest BCUT2D eigenvalue weighted by molar-refractivity contribution is -0.141. The number of aromatic nitrogens is 1. The number of nitrogens with zero attached hydrogens (tertiary/aromatic N) is 1. The summed E-state index contributed by atoms with van der Waals surface area (Å²) in [5.74, 6) is -0.315. The third-order valence-corrected chi connectivity index (χ3v) is 3.27. The first-order chi connectivity index (χ1) is 8.24. The zero-order valence-electron chi connectivity index (χ0n) is 9.11. The van der Waals surface area contributed by atoms with Crippen LogP contribution in [0.3, 0.4) is 0 Å². The van der Waals surface area contributed by atoms with E-state index in [1.54, 1.807) is 0 Å². The van der Waals surface area contributed by atoms with E-state index in [-0.39, 0.29) is 24.5 Å². The summed E-state index contributed by atoms with van der Waals surface area (Å²) in [6.07, 6.45) is -3.73. The van der Waals surface area contributed by atoms with E-state index in [4.69, 9.17) is 5.11 Å². The van der Waals surface area contributed by atoms with Gasteiger partial charge in [0.05, 0.1) is 17.6 Å². The molecule has 1 aromatic heterocycles. The highest BCUT2D eigenvalue weighted by atomic mass is 32.2. The molecule has 0 bridgehead atoms. The van der Waals surface area contributed by atoms with Gasteiger partial charge in [0, 0.05) is 6.61 Å². The smallest absolute Gasteiger partial charge is 0.396 e. The van der Waals surface area contributed by atoms with Gasteiger partial charge in [-0.25, -0.2) is 13.4 Å². The molecule has 2 N–H and O–H groups in total. The van der Waals surface area contributed by atoms with Gasteiger partial charge < -0.3 is 5.11 Å². The molecule has 0 aliphatic heterocycles. The van der Waals surface area contributed by atoms with Crippen LogP contribution in [-0.2, 0) is 16.2 Å². The molecular weight excluding hydrogens is 273 g/mol. The molecule has 0 aliphatic rings. The molecule has 18 heavy (non-hydrogen) atoms. The maximum absolute atomic E-state index is 12.2. The summed E-state index contributed by atoms with van der Waals surface area (Å²) in [6, 6.07) is 1.66. The fourth-order valence-electron chi connectivity index (χ4n) is 1.11. The minimum atomic E-state index is -4.56. The number of alkyl halides is 3. The van der Waals surface area contributed by atoms with Crippen molar-refractivity contribution in [2.75, 3.05) is 17.1 Å². The van der Waals surface area contributed by atoms with Crippen LogP contribution in [0.1, 0.15) is 12.1 Å². The molecule has 0 aromatic carbocycles. The van der Waals surface area contributed by atoms with Gasteiger partial charge >= 0.3 is 6.18 Å². The third kappa shape index (κ3) is 4.49. The van der Waals surface area contributed by atoms with Crippen molar-refractivity contribution in [3.8, 4) is 0 Å². The highest BCUT2D eigenvalue weighted by Gasteiger charge is 2.32. The van der Waals surface area contributed by atoms with Gasteiger partial charge in [0.2, 0.25) is 10.0 Å².